The maximum atomic E-state index is 11.2. The second-order valence-corrected chi connectivity index (χ2v) is 3.99. The Kier molecular flexibility index (Phi) is 6.29. The predicted molar refractivity (Wildman–Crippen MR) is 64.5 cm³/mol. The van der Waals surface area contributed by atoms with E-state index in [-0.39, 0.29) is 5.97 Å². The van der Waals surface area contributed by atoms with Gasteiger partial charge in [-0.1, -0.05) is 25.0 Å². The Labute approximate surface area is 102 Å². The largest absolute Gasteiger partial charge is 0.466 e. The van der Waals surface area contributed by atoms with Crippen molar-refractivity contribution in [2.45, 2.75) is 52.5 Å². The molecule has 5 heteroatoms. The highest BCUT2D eigenvalue weighted by Gasteiger charge is 2.04. The summed E-state index contributed by atoms with van der Waals surface area (Å²) in [4.78, 5) is 11.2. The van der Waals surface area contributed by atoms with Crippen molar-refractivity contribution in [3.05, 3.63) is 11.9 Å². The van der Waals surface area contributed by atoms with Gasteiger partial charge >= 0.3 is 5.97 Å². The van der Waals surface area contributed by atoms with E-state index in [2.05, 4.69) is 17.2 Å². The molecule has 0 aliphatic heterocycles. The van der Waals surface area contributed by atoms with Gasteiger partial charge in [0.2, 0.25) is 0 Å². The lowest BCUT2D eigenvalue weighted by molar-refractivity contribution is -0.143. The number of esters is 1. The van der Waals surface area contributed by atoms with Gasteiger partial charge in [-0.2, -0.15) is 0 Å². The minimum Gasteiger partial charge on any atom is -0.466 e. The van der Waals surface area contributed by atoms with Gasteiger partial charge in [0.05, 0.1) is 25.3 Å². The Morgan fingerprint density at radius 2 is 2.24 bits per heavy atom. The van der Waals surface area contributed by atoms with Crippen LogP contribution in [0.5, 0.6) is 0 Å². The fraction of sp³-hybridized carbons (Fsp3) is 0.750. The molecule has 0 spiro atoms. The third-order valence-corrected chi connectivity index (χ3v) is 2.47. The van der Waals surface area contributed by atoms with E-state index in [0.29, 0.717) is 19.6 Å². The Bertz CT molecular complexity index is 336. The van der Waals surface area contributed by atoms with Gasteiger partial charge < -0.3 is 4.74 Å². The first-order chi connectivity index (χ1) is 8.26. The summed E-state index contributed by atoms with van der Waals surface area (Å²) in [5.41, 5.74) is 1.00. The first-order valence-corrected chi connectivity index (χ1v) is 6.30. The van der Waals surface area contributed by atoms with Crippen LogP contribution in [0.25, 0.3) is 0 Å². The molecule has 1 aromatic heterocycles. The fourth-order valence-electron chi connectivity index (χ4n) is 1.56. The number of carbonyl (C=O) groups excluding carboxylic acids is 1. The first kappa shape index (κ1) is 13.7. The normalized spacial score (nSPS) is 10.5. The lowest BCUT2D eigenvalue weighted by Crippen LogP contribution is -2.09. The maximum Gasteiger partial charge on any atom is 0.307 e. The van der Waals surface area contributed by atoms with E-state index in [1.165, 1.54) is 12.8 Å². The second-order valence-electron chi connectivity index (χ2n) is 3.99. The average Bonchev–Trinajstić information content (AvgIpc) is 2.75. The van der Waals surface area contributed by atoms with Crippen molar-refractivity contribution < 1.29 is 9.53 Å². The van der Waals surface area contributed by atoms with Crippen molar-refractivity contribution in [3.63, 3.8) is 0 Å². The van der Waals surface area contributed by atoms with Crippen LogP contribution in [0, 0.1) is 0 Å². The van der Waals surface area contributed by atoms with Gasteiger partial charge in [-0.3, -0.25) is 9.48 Å². The third-order valence-electron chi connectivity index (χ3n) is 2.47. The van der Waals surface area contributed by atoms with Crippen LogP contribution in [0.4, 0.5) is 0 Å². The van der Waals surface area contributed by atoms with Gasteiger partial charge in [-0.05, 0) is 19.8 Å². The predicted octanol–water partition coefficient (Wildman–Crippen LogP) is 1.96. The van der Waals surface area contributed by atoms with E-state index >= 15 is 0 Å². The molecule has 0 N–H and O–H groups in total. The van der Waals surface area contributed by atoms with Crippen LogP contribution in [-0.4, -0.2) is 27.6 Å². The number of aryl methyl sites for hydroxylation is 2. The van der Waals surface area contributed by atoms with Gasteiger partial charge in [0, 0.05) is 6.20 Å². The Morgan fingerprint density at radius 1 is 1.41 bits per heavy atom. The van der Waals surface area contributed by atoms with Crippen LogP contribution in [0.1, 0.15) is 45.2 Å². The summed E-state index contributed by atoms with van der Waals surface area (Å²) in [5, 5.41) is 8.06. The summed E-state index contributed by atoms with van der Waals surface area (Å²) >= 11 is 0. The van der Waals surface area contributed by atoms with Crippen molar-refractivity contribution in [2.75, 3.05) is 6.61 Å². The molecule has 0 radical (unpaired) electrons. The number of unbranched alkanes of at least 4 members (excludes halogenated alkanes) is 2. The SMILES string of the molecule is CCCCCc1cn(CCC(=O)OCC)nn1. The number of ether oxygens (including phenoxy) is 1. The number of hydrogen-bond acceptors (Lipinski definition) is 4. The molecular weight excluding hydrogens is 218 g/mol. The van der Waals surface area contributed by atoms with Crippen molar-refractivity contribution in [1.82, 2.24) is 15.0 Å². The Hall–Kier alpha value is -1.39. The molecule has 0 bridgehead atoms. The minimum atomic E-state index is -0.185. The van der Waals surface area contributed by atoms with Crippen LogP contribution in [-0.2, 0) is 22.5 Å². The molecule has 0 unspecified atom stereocenters. The highest BCUT2D eigenvalue weighted by molar-refractivity contribution is 5.69. The van der Waals surface area contributed by atoms with E-state index in [1.807, 2.05) is 6.20 Å². The zero-order valence-corrected chi connectivity index (χ0v) is 10.7. The Morgan fingerprint density at radius 3 is 2.94 bits per heavy atom. The number of rotatable bonds is 8. The van der Waals surface area contributed by atoms with Crippen LogP contribution in [0.15, 0.2) is 6.20 Å². The van der Waals surface area contributed by atoms with E-state index < -0.39 is 0 Å². The van der Waals surface area contributed by atoms with Crippen molar-refractivity contribution in [3.8, 4) is 0 Å². The van der Waals surface area contributed by atoms with Crippen LogP contribution in [0.3, 0.4) is 0 Å². The van der Waals surface area contributed by atoms with Gasteiger partial charge in [0.1, 0.15) is 0 Å². The van der Waals surface area contributed by atoms with Crippen LogP contribution >= 0.6 is 0 Å². The van der Waals surface area contributed by atoms with Crippen molar-refractivity contribution >= 4 is 5.97 Å². The summed E-state index contributed by atoms with van der Waals surface area (Å²) in [7, 11) is 0. The molecule has 0 aliphatic rings. The first-order valence-electron chi connectivity index (χ1n) is 6.30. The lowest BCUT2D eigenvalue weighted by atomic mass is 10.2. The summed E-state index contributed by atoms with van der Waals surface area (Å²) in [5.74, 6) is -0.185. The number of aromatic nitrogens is 3. The molecule has 96 valence electrons. The molecule has 1 rings (SSSR count). The smallest absolute Gasteiger partial charge is 0.307 e. The fourth-order valence-corrected chi connectivity index (χ4v) is 1.56. The summed E-state index contributed by atoms with van der Waals surface area (Å²) in [6, 6.07) is 0. The molecule has 5 nitrogen and oxygen atoms in total. The summed E-state index contributed by atoms with van der Waals surface area (Å²) in [6.45, 7) is 4.95. The maximum absolute atomic E-state index is 11.2. The van der Waals surface area contributed by atoms with Gasteiger partial charge in [0.25, 0.3) is 0 Å². The summed E-state index contributed by atoms with van der Waals surface area (Å²) < 4.78 is 6.56. The number of hydrogen-bond donors (Lipinski definition) is 0. The van der Waals surface area contributed by atoms with Gasteiger partial charge in [-0.15, -0.1) is 5.10 Å². The molecule has 1 heterocycles. The zero-order valence-electron chi connectivity index (χ0n) is 10.7. The average molecular weight is 239 g/mol. The monoisotopic (exact) mass is 239 g/mol. The molecule has 1 aromatic rings. The zero-order chi connectivity index (χ0) is 12.5. The number of carbonyl (C=O) groups is 1. The lowest BCUT2D eigenvalue weighted by Gasteiger charge is -2.00. The topological polar surface area (TPSA) is 57.0 Å². The minimum absolute atomic E-state index is 0.185. The number of nitrogens with zero attached hydrogens (tertiary/aromatic N) is 3. The van der Waals surface area contributed by atoms with Gasteiger partial charge in [-0.25, -0.2) is 0 Å². The van der Waals surface area contributed by atoms with Crippen molar-refractivity contribution in [1.29, 1.82) is 0 Å². The molecule has 0 saturated carbocycles. The molecule has 0 fully saturated rings. The summed E-state index contributed by atoms with van der Waals surface area (Å²) in [6.07, 6.45) is 6.80. The van der Waals surface area contributed by atoms with E-state index in [9.17, 15) is 4.79 Å². The standard InChI is InChI=1S/C12H21N3O2/c1-3-5-6-7-11-10-15(14-13-11)9-8-12(16)17-4-2/h10H,3-9H2,1-2H3. The molecular formula is C12H21N3O2. The van der Waals surface area contributed by atoms with E-state index in [0.717, 1.165) is 18.5 Å². The van der Waals surface area contributed by atoms with Crippen LogP contribution < -0.4 is 0 Å². The van der Waals surface area contributed by atoms with E-state index in [1.54, 1.807) is 11.6 Å². The molecule has 0 saturated heterocycles. The molecule has 17 heavy (non-hydrogen) atoms. The van der Waals surface area contributed by atoms with Crippen LogP contribution in [0.2, 0.25) is 0 Å². The highest BCUT2D eigenvalue weighted by Crippen LogP contribution is 2.03. The molecule has 0 amide bonds. The molecule has 0 atom stereocenters. The Balaban J connectivity index is 2.27. The van der Waals surface area contributed by atoms with Crippen molar-refractivity contribution in [2.24, 2.45) is 0 Å². The molecule has 0 aliphatic carbocycles. The quantitative estimate of drug-likeness (QED) is 0.514. The second kappa shape index (κ2) is 7.81. The van der Waals surface area contributed by atoms with Gasteiger partial charge in [0.15, 0.2) is 0 Å². The third kappa shape index (κ3) is 5.47. The van der Waals surface area contributed by atoms with E-state index in [4.69, 9.17) is 4.74 Å². The highest BCUT2D eigenvalue weighted by atomic mass is 16.5. The molecule has 0 aromatic carbocycles.